The van der Waals surface area contributed by atoms with Gasteiger partial charge < -0.3 is 9.72 Å². The Kier molecular flexibility index (Phi) is 2.93. The Morgan fingerprint density at radius 2 is 2.00 bits per heavy atom. The smallest absolute Gasteiger partial charge is 0.222 e. The van der Waals surface area contributed by atoms with Crippen LogP contribution in [0.15, 0.2) is 47.5 Å². The molecule has 90 valence electrons. The number of fused-ring (bicyclic) bond motifs is 1. The van der Waals surface area contributed by atoms with Gasteiger partial charge in [0.1, 0.15) is 5.65 Å². The van der Waals surface area contributed by atoms with Crippen molar-refractivity contribution in [2.45, 2.75) is 6.54 Å². The number of hydrogen-bond donors (Lipinski definition) is 1. The Morgan fingerprint density at radius 1 is 1.17 bits per heavy atom. The van der Waals surface area contributed by atoms with Gasteiger partial charge in [-0.25, -0.2) is 15.0 Å². The second kappa shape index (κ2) is 4.73. The first-order valence-corrected chi connectivity index (χ1v) is 6.24. The van der Waals surface area contributed by atoms with Crippen molar-refractivity contribution in [1.29, 1.82) is 0 Å². The van der Waals surface area contributed by atoms with E-state index in [1.165, 1.54) is 0 Å². The fraction of sp³-hybridized carbons (Fsp3) is 0.0833. The molecule has 0 fully saturated rings. The molecular weight excluding hydrogens is 294 g/mol. The largest absolute Gasteiger partial charge is 0.349 e. The van der Waals surface area contributed by atoms with Crippen LogP contribution in [-0.4, -0.2) is 19.4 Å². The fourth-order valence-corrected chi connectivity index (χ4v) is 2.03. The number of nitrogens with zero attached hydrogens (tertiary/aromatic N) is 4. The normalized spacial score (nSPS) is 10.7. The summed E-state index contributed by atoms with van der Waals surface area (Å²) >= 11 is 3.45. The first-order chi connectivity index (χ1) is 8.83. The average Bonchev–Trinajstić information content (AvgIpc) is 2.80. The highest BCUT2D eigenvalue weighted by molar-refractivity contribution is 9.10. The van der Waals surface area contributed by atoms with Gasteiger partial charge in [-0.1, -0.05) is 0 Å². The van der Waals surface area contributed by atoms with Crippen LogP contribution < -0.4 is 5.32 Å². The van der Waals surface area contributed by atoms with Crippen LogP contribution in [0.4, 0.5) is 5.95 Å². The van der Waals surface area contributed by atoms with E-state index >= 15 is 0 Å². The van der Waals surface area contributed by atoms with Crippen molar-refractivity contribution >= 4 is 27.5 Å². The summed E-state index contributed by atoms with van der Waals surface area (Å²) in [5.41, 5.74) is 1.97. The van der Waals surface area contributed by atoms with Gasteiger partial charge in [-0.05, 0) is 34.1 Å². The number of nitrogens with one attached hydrogen (secondary N) is 1. The number of rotatable bonds is 3. The van der Waals surface area contributed by atoms with E-state index in [2.05, 4.69) is 36.2 Å². The highest BCUT2D eigenvalue weighted by Gasteiger charge is 2.03. The molecule has 18 heavy (non-hydrogen) atoms. The van der Waals surface area contributed by atoms with E-state index in [0.717, 1.165) is 15.8 Å². The molecule has 0 unspecified atom stereocenters. The van der Waals surface area contributed by atoms with Gasteiger partial charge in [0.15, 0.2) is 0 Å². The summed E-state index contributed by atoms with van der Waals surface area (Å²) in [4.78, 5) is 12.6. The molecule has 0 atom stereocenters. The van der Waals surface area contributed by atoms with Crippen LogP contribution in [0.25, 0.3) is 5.65 Å². The molecule has 0 saturated heterocycles. The molecule has 6 heteroatoms. The first-order valence-electron chi connectivity index (χ1n) is 5.45. The summed E-state index contributed by atoms with van der Waals surface area (Å²) in [5.74, 6) is 0.613. The zero-order chi connectivity index (χ0) is 12.4. The fourth-order valence-electron chi connectivity index (χ4n) is 1.70. The summed E-state index contributed by atoms with van der Waals surface area (Å²) in [6.07, 6.45) is 7.25. The van der Waals surface area contributed by atoms with Crippen LogP contribution in [-0.2, 0) is 6.54 Å². The lowest BCUT2D eigenvalue weighted by molar-refractivity contribution is 0.972. The molecule has 0 aliphatic carbocycles. The Balaban J connectivity index is 1.85. The Labute approximate surface area is 112 Å². The second-order valence-electron chi connectivity index (χ2n) is 3.75. The van der Waals surface area contributed by atoms with Crippen LogP contribution >= 0.6 is 15.9 Å². The molecule has 5 nitrogen and oxygen atoms in total. The van der Waals surface area contributed by atoms with Crippen LogP contribution in [0.5, 0.6) is 0 Å². The summed E-state index contributed by atoms with van der Waals surface area (Å²) in [7, 11) is 0. The van der Waals surface area contributed by atoms with Crippen molar-refractivity contribution in [3.05, 3.63) is 53.2 Å². The predicted molar refractivity (Wildman–Crippen MR) is 72.3 cm³/mol. The average molecular weight is 304 g/mol. The molecule has 0 aliphatic heterocycles. The van der Waals surface area contributed by atoms with Gasteiger partial charge in [0.25, 0.3) is 0 Å². The zero-order valence-electron chi connectivity index (χ0n) is 9.42. The maximum absolute atomic E-state index is 4.33. The number of imidazole rings is 1. The summed E-state index contributed by atoms with van der Waals surface area (Å²) in [6, 6.07) is 5.73. The second-order valence-corrected chi connectivity index (χ2v) is 4.67. The van der Waals surface area contributed by atoms with E-state index in [-0.39, 0.29) is 0 Å². The van der Waals surface area contributed by atoms with E-state index in [1.807, 2.05) is 28.9 Å². The van der Waals surface area contributed by atoms with Crippen molar-refractivity contribution in [1.82, 2.24) is 19.4 Å². The molecule has 0 bridgehead atoms. The number of pyridine rings is 1. The monoisotopic (exact) mass is 303 g/mol. The molecule has 0 aliphatic rings. The van der Waals surface area contributed by atoms with Crippen LogP contribution in [0, 0.1) is 0 Å². The number of aromatic nitrogens is 4. The maximum Gasteiger partial charge on any atom is 0.222 e. The SMILES string of the molecule is Brc1ccc2ncc(CNc3ncccn3)n2c1. The molecular formula is C12H10BrN5. The summed E-state index contributed by atoms with van der Waals surface area (Å²) in [6.45, 7) is 0.627. The molecule has 1 N–H and O–H groups in total. The minimum Gasteiger partial charge on any atom is -0.349 e. The highest BCUT2D eigenvalue weighted by Crippen LogP contribution is 2.14. The molecule has 0 aromatic carbocycles. The van der Waals surface area contributed by atoms with E-state index in [9.17, 15) is 0 Å². The third kappa shape index (κ3) is 2.19. The molecule has 3 aromatic heterocycles. The predicted octanol–water partition coefficient (Wildman–Crippen LogP) is 2.50. The Morgan fingerprint density at radius 3 is 2.83 bits per heavy atom. The number of hydrogen-bond acceptors (Lipinski definition) is 4. The lowest BCUT2D eigenvalue weighted by Gasteiger charge is -2.04. The topological polar surface area (TPSA) is 55.1 Å². The lowest BCUT2D eigenvalue weighted by Crippen LogP contribution is -2.05. The quantitative estimate of drug-likeness (QED) is 0.808. The molecule has 0 radical (unpaired) electrons. The summed E-state index contributed by atoms with van der Waals surface area (Å²) < 4.78 is 3.05. The van der Waals surface area contributed by atoms with Crippen LogP contribution in [0.1, 0.15) is 5.69 Å². The molecule has 0 spiro atoms. The van der Waals surface area contributed by atoms with E-state index in [4.69, 9.17) is 0 Å². The van der Waals surface area contributed by atoms with Gasteiger partial charge in [0.2, 0.25) is 5.95 Å². The van der Waals surface area contributed by atoms with E-state index < -0.39 is 0 Å². The molecule has 3 heterocycles. The first kappa shape index (κ1) is 11.2. The Hall–Kier alpha value is -1.95. The molecule has 3 aromatic rings. The van der Waals surface area contributed by atoms with Crippen molar-refractivity contribution in [2.75, 3.05) is 5.32 Å². The van der Waals surface area contributed by atoms with E-state index in [1.54, 1.807) is 18.5 Å². The minimum atomic E-state index is 0.613. The van der Waals surface area contributed by atoms with Gasteiger partial charge in [-0.3, -0.25) is 0 Å². The van der Waals surface area contributed by atoms with Crippen molar-refractivity contribution in [3.8, 4) is 0 Å². The molecule has 0 saturated carbocycles. The molecule has 3 rings (SSSR count). The third-order valence-electron chi connectivity index (χ3n) is 2.54. The third-order valence-corrected chi connectivity index (χ3v) is 3.01. The zero-order valence-corrected chi connectivity index (χ0v) is 11.0. The van der Waals surface area contributed by atoms with Crippen LogP contribution in [0.3, 0.4) is 0 Å². The highest BCUT2D eigenvalue weighted by atomic mass is 79.9. The van der Waals surface area contributed by atoms with Crippen molar-refractivity contribution < 1.29 is 0 Å². The standard InChI is InChI=1S/C12H10BrN5/c13-9-2-3-11-16-6-10(18(11)8-9)7-17-12-14-4-1-5-15-12/h1-6,8H,7H2,(H,14,15,17). The van der Waals surface area contributed by atoms with Crippen LogP contribution in [0.2, 0.25) is 0 Å². The van der Waals surface area contributed by atoms with Gasteiger partial charge in [0.05, 0.1) is 18.4 Å². The van der Waals surface area contributed by atoms with Gasteiger partial charge in [0, 0.05) is 23.1 Å². The van der Waals surface area contributed by atoms with Crippen molar-refractivity contribution in [2.24, 2.45) is 0 Å². The van der Waals surface area contributed by atoms with Crippen molar-refractivity contribution in [3.63, 3.8) is 0 Å². The van der Waals surface area contributed by atoms with Gasteiger partial charge in [-0.2, -0.15) is 0 Å². The number of halogens is 1. The van der Waals surface area contributed by atoms with Gasteiger partial charge in [-0.15, -0.1) is 0 Å². The van der Waals surface area contributed by atoms with E-state index in [0.29, 0.717) is 12.5 Å². The Bertz CT molecular complexity index is 665. The number of anilines is 1. The van der Waals surface area contributed by atoms with Gasteiger partial charge >= 0.3 is 0 Å². The minimum absolute atomic E-state index is 0.613. The molecule has 0 amide bonds. The maximum atomic E-state index is 4.33. The lowest BCUT2D eigenvalue weighted by atomic mass is 10.4. The summed E-state index contributed by atoms with van der Waals surface area (Å²) in [5, 5.41) is 3.16.